The second-order valence-electron chi connectivity index (χ2n) is 6.55. The Morgan fingerprint density at radius 2 is 1.68 bits per heavy atom. The maximum absolute atomic E-state index is 12.6. The zero-order valence-corrected chi connectivity index (χ0v) is 13.8. The van der Waals surface area contributed by atoms with Gasteiger partial charge in [-0.05, 0) is 74.8 Å². The Balaban J connectivity index is 1.84. The zero-order valence-electron chi connectivity index (χ0n) is 13.8. The summed E-state index contributed by atoms with van der Waals surface area (Å²) in [5, 5.41) is 0. The molecule has 22 heavy (non-hydrogen) atoms. The van der Waals surface area contributed by atoms with E-state index in [1.165, 1.54) is 41.5 Å². The molecule has 0 atom stereocenters. The lowest BCUT2D eigenvalue weighted by Crippen LogP contribution is -2.38. The largest absolute Gasteiger partial charge is 0.287 e. The van der Waals surface area contributed by atoms with Crippen molar-refractivity contribution in [2.24, 2.45) is 0 Å². The van der Waals surface area contributed by atoms with Gasteiger partial charge in [-0.1, -0.05) is 6.07 Å². The van der Waals surface area contributed by atoms with Gasteiger partial charge in [-0.3, -0.25) is 4.79 Å². The molecule has 1 aromatic carbocycles. The number of rotatable bonds is 3. The smallest absolute Gasteiger partial charge is 0.227 e. The van der Waals surface area contributed by atoms with E-state index < -0.39 is 0 Å². The van der Waals surface area contributed by atoms with Crippen LogP contribution in [0.3, 0.4) is 0 Å². The number of carbonyl (C=O) groups excluding carboxylic acids is 1. The third kappa shape index (κ3) is 2.96. The fourth-order valence-electron chi connectivity index (χ4n) is 3.33. The van der Waals surface area contributed by atoms with E-state index in [-0.39, 0.29) is 5.78 Å². The van der Waals surface area contributed by atoms with Crippen molar-refractivity contribution in [2.45, 2.75) is 53.0 Å². The molecule has 114 valence electrons. The maximum Gasteiger partial charge on any atom is 0.227 e. The lowest BCUT2D eigenvalue weighted by molar-refractivity contribution is -0.683. The molecule has 0 saturated carbocycles. The van der Waals surface area contributed by atoms with Crippen LogP contribution >= 0.6 is 0 Å². The number of aromatic nitrogens is 1. The highest BCUT2D eigenvalue weighted by molar-refractivity contribution is 5.96. The summed E-state index contributed by atoms with van der Waals surface area (Å²) in [6, 6.07) is 6.33. The molecule has 0 radical (unpaired) electrons. The molecule has 0 N–H and O–H groups in total. The third-order valence-corrected chi connectivity index (χ3v) is 4.81. The summed E-state index contributed by atoms with van der Waals surface area (Å²) in [5.74, 6) is 0.196. The minimum absolute atomic E-state index is 0.196. The second kappa shape index (κ2) is 6.04. The normalized spacial score (nSPS) is 13.8. The lowest BCUT2D eigenvalue weighted by Gasteiger charge is -2.13. The van der Waals surface area contributed by atoms with Crippen molar-refractivity contribution in [3.8, 4) is 0 Å². The molecule has 0 saturated heterocycles. The quantitative estimate of drug-likeness (QED) is 0.625. The number of ketones is 1. The number of hydrogen-bond acceptors (Lipinski definition) is 1. The molecular weight excluding hydrogens is 270 g/mol. The summed E-state index contributed by atoms with van der Waals surface area (Å²) >= 11 is 0. The Hall–Kier alpha value is -1.96. The Morgan fingerprint density at radius 3 is 2.45 bits per heavy atom. The van der Waals surface area contributed by atoms with Crippen LogP contribution in [0.4, 0.5) is 0 Å². The van der Waals surface area contributed by atoms with Gasteiger partial charge in [-0.2, -0.15) is 4.57 Å². The fraction of sp³-hybridized carbons (Fsp3) is 0.400. The molecule has 1 aromatic heterocycles. The topological polar surface area (TPSA) is 20.9 Å². The van der Waals surface area contributed by atoms with E-state index in [1.807, 2.05) is 17.6 Å². The Labute approximate surface area is 132 Å². The standard InChI is InChI=1S/C20H24NO/c1-14-10-16(3)19(11-15(14)2)20(22)13-21-9-8-17-6-4-5-7-18(17)12-21/h8-12H,4-7,13H2,1-3H3/q+1. The van der Waals surface area contributed by atoms with E-state index in [0.29, 0.717) is 6.54 Å². The summed E-state index contributed by atoms with van der Waals surface area (Å²) in [5.41, 5.74) is 7.23. The summed E-state index contributed by atoms with van der Waals surface area (Å²) in [6.45, 7) is 6.61. The van der Waals surface area contributed by atoms with Crippen molar-refractivity contribution in [3.63, 3.8) is 0 Å². The van der Waals surface area contributed by atoms with Crippen LogP contribution in [0.25, 0.3) is 0 Å². The van der Waals surface area contributed by atoms with E-state index in [4.69, 9.17) is 0 Å². The molecule has 1 aliphatic rings. The first kappa shape index (κ1) is 15.0. The van der Waals surface area contributed by atoms with Crippen molar-refractivity contribution in [1.29, 1.82) is 0 Å². The fourth-order valence-corrected chi connectivity index (χ4v) is 3.33. The third-order valence-electron chi connectivity index (χ3n) is 4.81. The summed E-state index contributed by atoms with van der Waals surface area (Å²) in [4.78, 5) is 12.6. The molecule has 0 aliphatic heterocycles. The van der Waals surface area contributed by atoms with Crippen molar-refractivity contribution in [3.05, 3.63) is 64.0 Å². The van der Waals surface area contributed by atoms with E-state index in [2.05, 4.69) is 38.4 Å². The highest BCUT2D eigenvalue weighted by Crippen LogP contribution is 2.19. The molecule has 3 rings (SSSR count). The van der Waals surface area contributed by atoms with Crippen LogP contribution in [0.1, 0.15) is 51.0 Å². The summed E-state index contributed by atoms with van der Waals surface area (Å²) in [6.07, 6.45) is 9.10. The number of hydrogen-bond donors (Lipinski definition) is 0. The first-order valence-electron chi connectivity index (χ1n) is 8.16. The lowest BCUT2D eigenvalue weighted by atomic mass is 9.93. The first-order chi connectivity index (χ1) is 10.5. The molecule has 0 fully saturated rings. The molecule has 0 bridgehead atoms. The number of benzene rings is 1. The van der Waals surface area contributed by atoms with Crippen LogP contribution in [-0.4, -0.2) is 5.78 Å². The van der Waals surface area contributed by atoms with Crippen LogP contribution in [0, 0.1) is 20.8 Å². The summed E-state index contributed by atoms with van der Waals surface area (Å²) < 4.78 is 2.04. The average Bonchev–Trinajstić information content (AvgIpc) is 2.50. The molecule has 0 spiro atoms. The number of carbonyl (C=O) groups is 1. The Bertz CT molecular complexity index is 731. The number of pyridine rings is 1. The van der Waals surface area contributed by atoms with Gasteiger partial charge in [0.2, 0.25) is 12.3 Å². The van der Waals surface area contributed by atoms with Crippen LogP contribution in [-0.2, 0) is 19.4 Å². The van der Waals surface area contributed by atoms with E-state index in [9.17, 15) is 4.79 Å². The van der Waals surface area contributed by atoms with Crippen LogP contribution < -0.4 is 4.57 Å². The van der Waals surface area contributed by atoms with E-state index in [1.54, 1.807) is 0 Å². The molecule has 0 unspecified atom stereocenters. The molecule has 2 nitrogen and oxygen atoms in total. The number of aryl methyl sites for hydroxylation is 5. The van der Waals surface area contributed by atoms with Gasteiger partial charge < -0.3 is 0 Å². The van der Waals surface area contributed by atoms with E-state index in [0.717, 1.165) is 17.5 Å². The molecule has 1 heterocycles. The van der Waals surface area contributed by atoms with Crippen molar-refractivity contribution in [2.75, 3.05) is 0 Å². The van der Waals surface area contributed by atoms with Gasteiger partial charge in [0.25, 0.3) is 0 Å². The Kier molecular flexibility index (Phi) is 4.10. The predicted molar refractivity (Wildman–Crippen MR) is 88.3 cm³/mol. The van der Waals surface area contributed by atoms with Crippen LogP contribution in [0.5, 0.6) is 0 Å². The van der Waals surface area contributed by atoms with Gasteiger partial charge in [-0.15, -0.1) is 0 Å². The molecule has 2 aromatic rings. The van der Waals surface area contributed by atoms with Gasteiger partial charge in [0.1, 0.15) is 0 Å². The van der Waals surface area contributed by atoms with Crippen molar-refractivity contribution >= 4 is 5.78 Å². The van der Waals surface area contributed by atoms with Gasteiger partial charge in [-0.25, -0.2) is 0 Å². The SMILES string of the molecule is Cc1cc(C)c(C(=O)C[n+]2ccc3c(c2)CCCC3)cc1C. The number of fused-ring (bicyclic) bond motifs is 1. The summed E-state index contributed by atoms with van der Waals surface area (Å²) in [7, 11) is 0. The zero-order chi connectivity index (χ0) is 15.7. The minimum atomic E-state index is 0.196. The molecule has 1 aliphatic carbocycles. The van der Waals surface area contributed by atoms with E-state index >= 15 is 0 Å². The van der Waals surface area contributed by atoms with Crippen LogP contribution in [0.15, 0.2) is 30.6 Å². The number of nitrogens with zero attached hydrogens (tertiary/aromatic N) is 1. The molecular formula is C20H24NO+. The average molecular weight is 294 g/mol. The first-order valence-corrected chi connectivity index (χ1v) is 8.16. The second-order valence-corrected chi connectivity index (χ2v) is 6.55. The number of Topliss-reactive ketones (excluding diaryl/α,β-unsaturated/α-hetero) is 1. The van der Waals surface area contributed by atoms with Gasteiger partial charge in [0, 0.05) is 17.2 Å². The Morgan fingerprint density at radius 1 is 1.00 bits per heavy atom. The predicted octanol–water partition coefficient (Wildman–Crippen LogP) is 3.66. The highest BCUT2D eigenvalue weighted by atomic mass is 16.1. The monoisotopic (exact) mass is 294 g/mol. The van der Waals surface area contributed by atoms with Gasteiger partial charge >= 0.3 is 0 Å². The highest BCUT2D eigenvalue weighted by Gasteiger charge is 2.18. The molecule has 2 heteroatoms. The minimum Gasteiger partial charge on any atom is -0.287 e. The molecule has 0 amide bonds. The van der Waals surface area contributed by atoms with Crippen LogP contribution in [0.2, 0.25) is 0 Å². The van der Waals surface area contributed by atoms with Gasteiger partial charge in [0.05, 0.1) is 0 Å². The maximum atomic E-state index is 12.6. The van der Waals surface area contributed by atoms with Gasteiger partial charge in [0.15, 0.2) is 12.4 Å². The van der Waals surface area contributed by atoms with Crippen molar-refractivity contribution in [1.82, 2.24) is 0 Å². The van der Waals surface area contributed by atoms with Crippen molar-refractivity contribution < 1.29 is 9.36 Å².